The lowest BCUT2D eigenvalue weighted by Crippen LogP contribution is -2.13. The van der Waals surface area contributed by atoms with Gasteiger partial charge in [-0.25, -0.2) is 0 Å². The van der Waals surface area contributed by atoms with E-state index in [1.165, 1.54) is 89.0 Å². The Kier molecular flexibility index (Phi) is 10.4. The fourth-order valence-corrected chi connectivity index (χ4v) is 4.58. The maximum absolute atomic E-state index is 9.94. The first-order valence-electron chi connectivity index (χ1n) is 11.5. The Morgan fingerprint density at radius 2 is 1.38 bits per heavy atom. The van der Waals surface area contributed by atoms with Crippen molar-refractivity contribution in [3.8, 4) is 0 Å². The van der Waals surface area contributed by atoms with Gasteiger partial charge < -0.3 is 5.11 Å². The van der Waals surface area contributed by atoms with Gasteiger partial charge in [-0.2, -0.15) is 0 Å². The van der Waals surface area contributed by atoms with Crippen LogP contribution in [0.3, 0.4) is 0 Å². The third-order valence-corrected chi connectivity index (χ3v) is 6.49. The monoisotopic (exact) mass is 358 g/mol. The molecule has 0 spiro atoms. The van der Waals surface area contributed by atoms with Crippen molar-refractivity contribution in [3.63, 3.8) is 0 Å². The van der Waals surface area contributed by atoms with Gasteiger partial charge in [0.05, 0.1) is 6.10 Å². The highest BCUT2D eigenvalue weighted by molar-refractivity contribution is 5.27. The van der Waals surface area contributed by atoms with Crippen LogP contribution < -0.4 is 0 Å². The molecule has 0 aromatic heterocycles. The SMILES string of the molecule is CCCCCCCCCCC1CCC(c2ccc(C(O)CC)cc2)CC1. The topological polar surface area (TPSA) is 20.2 Å². The van der Waals surface area contributed by atoms with Gasteiger partial charge >= 0.3 is 0 Å². The molecule has 0 radical (unpaired) electrons. The molecule has 26 heavy (non-hydrogen) atoms. The van der Waals surface area contributed by atoms with Gasteiger partial charge in [0.2, 0.25) is 0 Å². The van der Waals surface area contributed by atoms with Gasteiger partial charge in [0.15, 0.2) is 0 Å². The summed E-state index contributed by atoms with van der Waals surface area (Å²) in [6.45, 7) is 4.33. The molecular formula is C25H42O. The second-order valence-corrected chi connectivity index (χ2v) is 8.57. The van der Waals surface area contributed by atoms with Crippen molar-refractivity contribution in [2.45, 2.75) is 116 Å². The average molecular weight is 359 g/mol. The smallest absolute Gasteiger partial charge is 0.0787 e. The number of aliphatic hydroxyl groups is 1. The molecule has 1 aromatic rings. The quantitative estimate of drug-likeness (QED) is 0.376. The standard InChI is InChI=1S/C25H42O/c1-3-5-6-7-8-9-10-11-12-21-13-15-22(16-14-21)23-17-19-24(20-18-23)25(26)4-2/h17-22,25-26H,3-16H2,1-2H3. The van der Waals surface area contributed by atoms with Crippen LogP contribution in [0.4, 0.5) is 0 Å². The van der Waals surface area contributed by atoms with Crippen molar-refractivity contribution in [1.29, 1.82) is 0 Å². The molecular weight excluding hydrogens is 316 g/mol. The summed E-state index contributed by atoms with van der Waals surface area (Å²) in [4.78, 5) is 0. The van der Waals surface area contributed by atoms with Crippen molar-refractivity contribution < 1.29 is 5.11 Å². The molecule has 1 aromatic carbocycles. The highest BCUT2D eigenvalue weighted by Crippen LogP contribution is 2.38. The van der Waals surface area contributed by atoms with Crippen LogP contribution in [0.25, 0.3) is 0 Å². The van der Waals surface area contributed by atoms with Crippen molar-refractivity contribution >= 4 is 0 Å². The first-order valence-corrected chi connectivity index (χ1v) is 11.5. The second kappa shape index (κ2) is 12.5. The Hall–Kier alpha value is -0.820. The van der Waals surface area contributed by atoms with Crippen molar-refractivity contribution in [1.82, 2.24) is 0 Å². The molecule has 148 valence electrons. The lowest BCUT2D eigenvalue weighted by molar-refractivity contribution is 0.173. The van der Waals surface area contributed by atoms with E-state index < -0.39 is 0 Å². The van der Waals surface area contributed by atoms with Gasteiger partial charge in [0.1, 0.15) is 0 Å². The summed E-state index contributed by atoms with van der Waals surface area (Å²) in [5.41, 5.74) is 2.56. The van der Waals surface area contributed by atoms with Crippen LogP contribution in [-0.4, -0.2) is 5.11 Å². The zero-order chi connectivity index (χ0) is 18.6. The number of rotatable bonds is 12. The third-order valence-electron chi connectivity index (χ3n) is 6.49. The van der Waals surface area contributed by atoms with E-state index >= 15 is 0 Å². The van der Waals surface area contributed by atoms with Crippen LogP contribution >= 0.6 is 0 Å². The minimum absolute atomic E-state index is 0.300. The minimum Gasteiger partial charge on any atom is -0.388 e. The average Bonchev–Trinajstić information content (AvgIpc) is 2.70. The molecule has 0 aliphatic heterocycles. The van der Waals surface area contributed by atoms with Crippen LogP contribution in [-0.2, 0) is 0 Å². The Labute approximate surface area is 162 Å². The van der Waals surface area contributed by atoms with Crippen molar-refractivity contribution in [2.75, 3.05) is 0 Å². The van der Waals surface area contributed by atoms with Crippen molar-refractivity contribution in [2.24, 2.45) is 5.92 Å². The van der Waals surface area contributed by atoms with E-state index in [9.17, 15) is 5.11 Å². The molecule has 1 unspecified atom stereocenters. The van der Waals surface area contributed by atoms with E-state index in [0.717, 1.165) is 23.8 Å². The van der Waals surface area contributed by atoms with E-state index in [0.29, 0.717) is 0 Å². The summed E-state index contributed by atoms with van der Waals surface area (Å²) >= 11 is 0. The van der Waals surface area contributed by atoms with E-state index in [-0.39, 0.29) is 6.10 Å². The number of aliphatic hydroxyl groups excluding tert-OH is 1. The summed E-state index contributed by atoms with van der Waals surface area (Å²) < 4.78 is 0. The van der Waals surface area contributed by atoms with E-state index in [2.05, 4.69) is 31.2 Å². The number of unbranched alkanes of at least 4 members (excludes halogenated alkanes) is 7. The maximum atomic E-state index is 9.94. The molecule has 2 rings (SSSR count). The Morgan fingerprint density at radius 1 is 0.808 bits per heavy atom. The van der Waals surface area contributed by atoms with Gasteiger partial charge in [0, 0.05) is 0 Å². The predicted molar refractivity (Wildman–Crippen MR) is 114 cm³/mol. The second-order valence-electron chi connectivity index (χ2n) is 8.57. The van der Waals surface area contributed by atoms with Crippen LogP contribution in [0, 0.1) is 5.92 Å². The highest BCUT2D eigenvalue weighted by atomic mass is 16.3. The fraction of sp³-hybridized carbons (Fsp3) is 0.760. The molecule has 1 aliphatic rings. The molecule has 1 nitrogen and oxygen atoms in total. The van der Waals surface area contributed by atoms with Crippen molar-refractivity contribution in [3.05, 3.63) is 35.4 Å². The minimum atomic E-state index is -0.300. The van der Waals surface area contributed by atoms with Crippen LogP contribution in [0.15, 0.2) is 24.3 Å². The largest absolute Gasteiger partial charge is 0.388 e. The summed E-state index contributed by atoms with van der Waals surface area (Å²) in [6, 6.07) is 8.79. The predicted octanol–water partition coefficient (Wildman–Crippen LogP) is 7.93. The Bertz CT molecular complexity index is 456. The molecule has 1 aliphatic carbocycles. The molecule has 1 N–H and O–H groups in total. The first kappa shape index (κ1) is 21.5. The molecule has 1 heteroatoms. The van der Waals surface area contributed by atoms with E-state index in [1.54, 1.807) is 0 Å². The summed E-state index contributed by atoms with van der Waals surface area (Å²) in [6.07, 6.45) is 19.0. The molecule has 1 saturated carbocycles. The van der Waals surface area contributed by atoms with Gasteiger partial charge in [-0.05, 0) is 55.1 Å². The lowest BCUT2D eigenvalue weighted by Gasteiger charge is -2.29. The Balaban J connectivity index is 1.58. The molecule has 1 atom stereocenters. The molecule has 0 amide bonds. The fourth-order valence-electron chi connectivity index (χ4n) is 4.58. The van der Waals surface area contributed by atoms with E-state index in [1.807, 2.05) is 6.92 Å². The van der Waals surface area contributed by atoms with Gasteiger partial charge in [-0.15, -0.1) is 0 Å². The zero-order valence-electron chi connectivity index (χ0n) is 17.4. The summed E-state index contributed by atoms with van der Waals surface area (Å²) in [5.74, 6) is 1.73. The molecule has 0 heterocycles. The number of benzene rings is 1. The first-order chi connectivity index (χ1) is 12.7. The Morgan fingerprint density at radius 3 is 1.96 bits per heavy atom. The maximum Gasteiger partial charge on any atom is 0.0787 e. The normalized spacial score (nSPS) is 21.7. The third kappa shape index (κ3) is 7.43. The van der Waals surface area contributed by atoms with Gasteiger partial charge in [-0.1, -0.05) is 95.9 Å². The molecule has 1 fully saturated rings. The summed E-state index contributed by atoms with van der Waals surface area (Å²) in [7, 11) is 0. The molecule has 0 saturated heterocycles. The zero-order valence-corrected chi connectivity index (χ0v) is 17.4. The summed E-state index contributed by atoms with van der Waals surface area (Å²) in [5, 5.41) is 9.94. The van der Waals surface area contributed by atoms with Crippen LogP contribution in [0.5, 0.6) is 0 Å². The highest BCUT2D eigenvalue weighted by Gasteiger charge is 2.22. The molecule has 0 bridgehead atoms. The van der Waals surface area contributed by atoms with Crippen LogP contribution in [0.2, 0.25) is 0 Å². The van der Waals surface area contributed by atoms with Crippen LogP contribution in [0.1, 0.15) is 127 Å². The van der Waals surface area contributed by atoms with E-state index in [4.69, 9.17) is 0 Å². The van der Waals surface area contributed by atoms with Gasteiger partial charge in [0.25, 0.3) is 0 Å². The number of hydrogen-bond acceptors (Lipinski definition) is 1. The number of hydrogen-bond donors (Lipinski definition) is 1. The lowest BCUT2D eigenvalue weighted by atomic mass is 9.77. The van der Waals surface area contributed by atoms with Gasteiger partial charge in [-0.3, -0.25) is 0 Å².